The molecule has 0 aromatic carbocycles. The molecule has 0 heterocycles. The topological polar surface area (TPSA) is 78.9 Å². The number of carbonyl (C=O) groups is 3. The average molecular weight is 481 g/mol. The van der Waals surface area contributed by atoms with E-state index in [-0.39, 0.29) is 19.2 Å². The Balaban J connectivity index is 3.88. The molecule has 0 radical (unpaired) electrons. The fourth-order valence-corrected chi connectivity index (χ4v) is 3.31. The number of hydrogen-bond acceptors (Lipinski definition) is 6. The molecule has 0 aromatic rings. The van der Waals surface area contributed by atoms with Crippen LogP contribution in [0.5, 0.6) is 0 Å². The second kappa shape index (κ2) is 22.7. The summed E-state index contributed by atoms with van der Waals surface area (Å²) >= 11 is 0. The minimum absolute atomic E-state index is 0.129. The van der Waals surface area contributed by atoms with Crippen molar-refractivity contribution >= 4 is 17.9 Å². The van der Waals surface area contributed by atoms with Gasteiger partial charge in [-0.1, -0.05) is 76.5 Å². The number of carbonyl (C=O) groups excluding carboxylic acids is 3. The van der Waals surface area contributed by atoms with Crippen LogP contribution >= 0.6 is 0 Å². The lowest BCUT2D eigenvalue weighted by atomic mass is 10.1. The zero-order valence-corrected chi connectivity index (χ0v) is 22.1. The van der Waals surface area contributed by atoms with Crippen molar-refractivity contribution < 1.29 is 28.6 Å². The van der Waals surface area contributed by atoms with Crippen LogP contribution in [0, 0.1) is 0 Å². The Labute approximate surface area is 207 Å². The van der Waals surface area contributed by atoms with E-state index in [0.717, 1.165) is 32.1 Å². The summed E-state index contributed by atoms with van der Waals surface area (Å²) < 4.78 is 15.4. The lowest BCUT2D eigenvalue weighted by Gasteiger charge is -2.18. The molecular weight excluding hydrogens is 432 g/mol. The molecule has 0 spiro atoms. The molecule has 1 atom stereocenters. The molecule has 0 aliphatic carbocycles. The van der Waals surface area contributed by atoms with Crippen LogP contribution in [0.15, 0.2) is 23.8 Å². The van der Waals surface area contributed by atoms with Crippen molar-refractivity contribution in [1.82, 2.24) is 0 Å². The zero-order chi connectivity index (χ0) is 25.4. The van der Waals surface area contributed by atoms with Gasteiger partial charge in [-0.2, -0.15) is 0 Å². The fourth-order valence-electron chi connectivity index (χ4n) is 3.31. The van der Waals surface area contributed by atoms with Gasteiger partial charge in [-0.15, -0.1) is 0 Å². The van der Waals surface area contributed by atoms with Crippen LogP contribution in [0.1, 0.15) is 118 Å². The number of ether oxygens (including phenoxy) is 3. The second-order valence-electron chi connectivity index (χ2n) is 8.82. The maximum Gasteiger partial charge on any atom is 0.333 e. The van der Waals surface area contributed by atoms with Gasteiger partial charge in [-0.05, 0) is 46.0 Å². The van der Waals surface area contributed by atoms with Gasteiger partial charge < -0.3 is 14.2 Å². The highest BCUT2D eigenvalue weighted by molar-refractivity contribution is 5.87. The molecule has 0 saturated carbocycles. The molecule has 0 aliphatic rings. The maximum atomic E-state index is 12.1. The summed E-state index contributed by atoms with van der Waals surface area (Å²) in [5, 5.41) is 0. The van der Waals surface area contributed by atoms with Crippen molar-refractivity contribution in [1.29, 1.82) is 0 Å². The summed E-state index contributed by atoms with van der Waals surface area (Å²) in [5.41, 5.74) is 0.464. The minimum Gasteiger partial charge on any atom is -0.462 e. The lowest BCUT2D eigenvalue weighted by molar-refractivity contribution is -0.165. The number of hydrogen-bond donors (Lipinski definition) is 0. The third-order valence-corrected chi connectivity index (χ3v) is 5.57. The summed E-state index contributed by atoms with van der Waals surface area (Å²) in [7, 11) is 0. The van der Waals surface area contributed by atoms with E-state index in [4.69, 9.17) is 14.2 Å². The van der Waals surface area contributed by atoms with Crippen LogP contribution in [0.25, 0.3) is 0 Å². The quantitative estimate of drug-likeness (QED) is 0.0578. The molecule has 6 heteroatoms. The van der Waals surface area contributed by atoms with E-state index in [1.807, 2.05) is 0 Å². The van der Waals surface area contributed by atoms with Gasteiger partial charge in [0.25, 0.3) is 0 Å². The van der Waals surface area contributed by atoms with Crippen LogP contribution in [-0.2, 0) is 28.6 Å². The number of esters is 3. The van der Waals surface area contributed by atoms with E-state index in [2.05, 4.69) is 19.1 Å². The Kier molecular flexibility index (Phi) is 21.3. The van der Waals surface area contributed by atoms with Crippen molar-refractivity contribution in [2.75, 3.05) is 13.2 Å². The van der Waals surface area contributed by atoms with Crippen LogP contribution in [0.2, 0.25) is 0 Å². The molecule has 0 aromatic heterocycles. The molecule has 6 nitrogen and oxygen atoms in total. The van der Waals surface area contributed by atoms with Gasteiger partial charge in [0.2, 0.25) is 0 Å². The SMILES string of the molecule is C/C=C(\C)C(=O)OC[C@H](COC(C)=O)OC(=O)CCCCCCC/C=C\CCCCCCCC. The molecule has 0 saturated heterocycles. The Bertz CT molecular complexity index is 608. The van der Waals surface area contributed by atoms with Gasteiger partial charge >= 0.3 is 17.9 Å². The van der Waals surface area contributed by atoms with E-state index in [1.165, 1.54) is 58.3 Å². The molecule has 0 rings (SSSR count). The first-order chi connectivity index (χ1) is 16.4. The maximum absolute atomic E-state index is 12.1. The normalized spacial score (nSPS) is 12.5. The van der Waals surface area contributed by atoms with Crippen LogP contribution in [0.4, 0.5) is 0 Å². The first-order valence-corrected chi connectivity index (χ1v) is 13.2. The number of unbranched alkanes of at least 4 members (excludes halogenated alkanes) is 11. The van der Waals surface area contributed by atoms with Crippen molar-refractivity contribution in [3.63, 3.8) is 0 Å². The second-order valence-corrected chi connectivity index (χ2v) is 8.82. The van der Waals surface area contributed by atoms with E-state index in [9.17, 15) is 14.4 Å². The molecule has 34 heavy (non-hydrogen) atoms. The van der Waals surface area contributed by atoms with Crippen LogP contribution in [-0.4, -0.2) is 37.2 Å². The molecular formula is C28H48O6. The van der Waals surface area contributed by atoms with E-state index >= 15 is 0 Å². The van der Waals surface area contributed by atoms with Crippen LogP contribution < -0.4 is 0 Å². The molecule has 0 unspecified atom stereocenters. The van der Waals surface area contributed by atoms with Gasteiger partial charge in [-0.3, -0.25) is 9.59 Å². The minimum atomic E-state index is -0.798. The highest BCUT2D eigenvalue weighted by Gasteiger charge is 2.19. The number of allylic oxidation sites excluding steroid dienone is 3. The average Bonchev–Trinajstić information content (AvgIpc) is 2.82. The summed E-state index contributed by atoms with van der Waals surface area (Å²) in [5.74, 6) is -1.33. The number of rotatable bonds is 21. The molecule has 0 fully saturated rings. The Morgan fingerprint density at radius 2 is 1.26 bits per heavy atom. The summed E-state index contributed by atoms with van der Waals surface area (Å²) in [6.07, 6.45) is 21.3. The van der Waals surface area contributed by atoms with Crippen molar-refractivity contribution in [3.8, 4) is 0 Å². The first kappa shape index (κ1) is 31.9. The smallest absolute Gasteiger partial charge is 0.333 e. The summed E-state index contributed by atoms with van der Waals surface area (Å²) in [6.45, 7) is 6.63. The third-order valence-electron chi connectivity index (χ3n) is 5.57. The van der Waals surface area contributed by atoms with Crippen molar-refractivity contribution in [2.45, 2.75) is 124 Å². The molecule has 0 aliphatic heterocycles. The summed E-state index contributed by atoms with van der Waals surface area (Å²) in [6, 6.07) is 0. The highest BCUT2D eigenvalue weighted by Crippen LogP contribution is 2.11. The largest absolute Gasteiger partial charge is 0.462 e. The molecule has 0 N–H and O–H groups in total. The monoisotopic (exact) mass is 480 g/mol. The summed E-state index contributed by atoms with van der Waals surface area (Å²) in [4.78, 5) is 35.0. The predicted molar refractivity (Wildman–Crippen MR) is 136 cm³/mol. The molecule has 0 amide bonds. The first-order valence-electron chi connectivity index (χ1n) is 13.2. The van der Waals surface area contributed by atoms with Gasteiger partial charge in [0.05, 0.1) is 0 Å². The standard InChI is InChI=1S/C28H48O6/c1-5-7-8-9-10-11-12-13-14-15-16-17-18-19-20-21-27(30)34-26(22-32-25(4)29)23-33-28(31)24(3)6-2/h6,13-14,26H,5,7-12,15-23H2,1-4H3/b14-13-,24-6+/t26-/m0/s1. The van der Waals surface area contributed by atoms with Crippen molar-refractivity contribution in [3.05, 3.63) is 23.8 Å². The lowest BCUT2D eigenvalue weighted by Crippen LogP contribution is -2.30. The van der Waals surface area contributed by atoms with E-state index in [1.54, 1.807) is 19.9 Å². The van der Waals surface area contributed by atoms with Gasteiger partial charge in [0.15, 0.2) is 6.10 Å². The Morgan fingerprint density at radius 3 is 1.82 bits per heavy atom. The molecule has 196 valence electrons. The Morgan fingerprint density at radius 1 is 0.735 bits per heavy atom. The van der Waals surface area contributed by atoms with Gasteiger partial charge in [0, 0.05) is 18.9 Å². The van der Waals surface area contributed by atoms with E-state index < -0.39 is 18.0 Å². The predicted octanol–water partition coefficient (Wildman–Crippen LogP) is 7.01. The van der Waals surface area contributed by atoms with Crippen LogP contribution in [0.3, 0.4) is 0 Å². The van der Waals surface area contributed by atoms with Crippen molar-refractivity contribution in [2.24, 2.45) is 0 Å². The van der Waals surface area contributed by atoms with E-state index in [0.29, 0.717) is 12.0 Å². The fraction of sp³-hybridized carbons (Fsp3) is 0.750. The van der Waals surface area contributed by atoms with Gasteiger partial charge in [-0.25, -0.2) is 4.79 Å². The molecule has 0 bridgehead atoms. The zero-order valence-electron chi connectivity index (χ0n) is 22.1. The Hall–Kier alpha value is -2.11. The third kappa shape index (κ3) is 20.5. The highest BCUT2D eigenvalue weighted by atomic mass is 16.6. The van der Waals surface area contributed by atoms with Gasteiger partial charge in [0.1, 0.15) is 13.2 Å².